The molecule has 1 aromatic rings. The van der Waals surface area contributed by atoms with Crippen molar-refractivity contribution in [2.24, 2.45) is 5.73 Å². The minimum Gasteiger partial charge on any atom is -0.495 e. The number of ether oxygens (including phenoxy) is 2. The lowest BCUT2D eigenvalue weighted by atomic mass is 10.1. The van der Waals surface area contributed by atoms with Crippen LogP contribution < -0.4 is 15.2 Å². The zero-order chi connectivity index (χ0) is 11.4. The van der Waals surface area contributed by atoms with Crippen LogP contribution in [0.5, 0.6) is 11.5 Å². The molecule has 0 spiro atoms. The summed E-state index contributed by atoms with van der Waals surface area (Å²) in [6.07, 6.45) is 0.823. The Labute approximate surface area is 104 Å². The van der Waals surface area contributed by atoms with Crippen LogP contribution in [0, 0.1) is 3.57 Å². The van der Waals surface area contributed by atoms with Gasteiger partial charge in [0.15, 0.2) is 0 Å². The first-order chi connectivity index (χ1) is 7.08. The molecule has 84 valence electrons. The van der Waals surface area contributed by atoms with E-state index in [1.54, 1.807) is 14.2 Å². The number of methoxy groups -OCH3 is 2. The fourth-order valence-electron chi connectivity index (χ4n) is 1.41. The van der Waals surface area contributed by atoms with Gasteiger partial charge < -0.3 is 15.2 Å². The third-order valence-electron chi connectivity index (χ3n) is 2.06. The number of benzene rings is 1. The molecule has 0 aliphatic heterocycles. The topological polar surface area (TPSA) is 44.5 Å². The molecule has 0 amide bonds. The molecule has 3 nitrogen and oxygen atoms in total. The van der Waals surface area contributed by atoms with Crippen molar-refractivity contribution in [1.82, 2.24) is 0 Å². The third-order valence-corrected chi connectivity index (χ3v) is 3.13. The number of nitrogens with two attached hydrogens (primary N) is 1. The van der Waals surface area contributed by atoms with Gasteiger partial charge in [-0.2, -0.15) is 0 Å². The molecule has 2 N–H and O–H groups in total. The Hall–Kier alpha value is -0.490. The molecule has 0 fully saturated rings. The quantitative estimate of drug-likeness (QED) is 0.865. The molecule has 0 heterocycles. The van der Waals surface area contributed by atoms with Crippen LogP contribution in [0.4, 0.5) is 0 Å². The van der Waals surface area contributed by atoms with Gasteiger partial charge in [-0.15, -0.1) is 0 Å². The van der Waals surface area contributed by atoms with E-state index in [9.17, 15) is 0 Å². The smallest absolute Gasteiger partial charge is 0.136 e. The first kappa shape index (κ1) is 12.6. The predicted molar refractivity (Wildman–Crippen MR) is 69.6 cm³/mol. The zero-order valence-electron chi connectivity index (χ0n) is 9.21. The molecule has 0 aliphatic carbocycles. The number of hydrogen-bond donors (Lipinski definition) is 1. The number of halogens is 1. The SMILES string of the molecule is COc1cc(C[C@H](C)N)cc(OC)c1I. The largest absolute Gasteiger partial charge is 0.495 e. The summed E-state index contributed by atoms with van der Waals surface area (Å²) in [4.78, 5) is 0. The standard InChI is InChI=1S/C11H16INO2/c1-7(13)4-8-5-9(14-2)11(12)10(6-8)15-3/h5-7H,4,13H2,1-3H3/t7-/m0/s1. The van der Waals surface area contributed by atoms with Crippen molar-refractivity contribution in [2.45, 2.75) is 19.4 Å². The highest BCUT2D eigenvalue weighted by Gasteiger charge is 2.10. The Morgan fingerprint density at radius 2 is 1.73 bits per heavy atom. The van der Waals surface area contributed by atoms with Gasteiger partial charge in [0.1, 0.15) is 11.5 Å². The Bertz CT molecular complexity index is 314. The summed E-state index contributed by atoms with van der Waals surface area (Å²) in [5.41, 5.74) is 6.90. The van der Waals surface area contributed by atoms with E-state index < -0.39 is 0 Å². The van der Waals surface area contributed by atoms with E-state index in [1.807, 2.05) is 19.1 Å². The lowest BCUT2D eigenvalue weighted by molar-refractivity contribution is 0.388. The molecule has 1 rings (SSSR count). The predicted octanol–water partition coefficient (Wildman–Crippen LogP) is 2.20. The third kappa shape index (κ3) is 3.24. The van der Waals surface area contributed by atoms with Gasteiger partial charge >= 0.3 is 0 Å². The summed E-state index contributed by atoms with van der Waals surface area (Å²) in [6.45, 7) is 1.98. The van der Waals surface area contributed by atoms with Gasteiger partial charge in [0.2, 0.25) is 0 Å². The van der Waals surface area contributed by atoms with Gasteiger partial charge in [0, 0.05) is 6.04 Å². The monoisotopic (exact) mass is 321 g/mol. The van der Waals surface area contributed by atoms with Gasteiger partial charge in [-0.05, 0) is 53.6 Å². The first-order valence-corrected chi connectivity index (χ1v) is 5.82. The summed E-state index contributed by atoms with van der Waals surface area (Å²) in [5.74, 6) is 1.68. The van der Waals surface area contributed by atoms with Crippen LogP contribution in [0.1, 0.15) is 12.5 Å². The summed E-state index contributed by atoms with van der Waals surface area (Å²) < 4.78 is 11.6. The molecule has 15 heavy (non-hydrogen) atoms. The van der Waals surface area contributed by atoms with Crippen LogP contribution in [0.2, 0.25) is 0 Å². The molecule has 0 bridgehead atoms. The summed E-state index contributed by atoms with van der Waals surface area (Å²) in [5, 5.41) is 0. The Morgan fingerprint density at radius 3 is 2.07 bits per heavy atom. The maximum Gasteiger partial charge on any atom is 0.136 e. The molecule has 4 heteroatoms. The second-order valence-corrected chi connectivity index (χ2v) is 4.57. The second-order valence-electron chi connectivity index (χ2n) is 3.50. The van der Waals surface area contributed by atoms with Crippen molar-refractivity contribution in [3.63, 3.8) is 0 Å². The van der Waals surface area contributed by atoms with Crippen molar-refractivity contribution in [1.29, 1.82) is 0 Å². The van der Waals surface area contributed by atoms with Crippen molar-refractivity contribution in [3.8, 4) is 11.5 Å². The summed E-state index contributed by atoms with van der Waals surface area (Å²) in [6, 6.07) is 4.15. The average molecular weight is 321 g/mol. The highest BCUT2D eigenvalue weighted by Crippen LogP contribution is 2.32. The molecule has 0 radical (unpaired) electrons. The van der Waals surface area contributed by atoms with Crippen LogP contribution >= 0.6 is 22.6 Å². The fraction of sp³-hybridized carbons (Fsp3) is 0.455. The van der Waals surface area contributed by atoms with Crippen LogP contribution in [-0.4, -0.2) is 20.3 Å². The first-order valence-electron chi connectivity index (χ1n) is 4.74. The Kier molecular flexibility index (Phi) is 4.66. The van der Waals surface area contributed by atoms with Crippen molar-refractivity contribution < 1.29 is 9.47 Å². The Morgan fingerprint density at radius 1 is 1.27 bits per heavy atom. The van der Waals surface area contributed by atoms with Crippen molar-refractivity contribution >= 4 is 22.6 Å². The van der Waals surface area contributed by atoms with Gasteiger partial charge in [-0.25, -0.2) is 0 Å². The fourth-order valence-corrected chi connectivity index (χ4v) is 2.17. The lowest BCUT2D eigenvalue weighted by Gasteiger charge is -2.12. The minimum atomic E-state index is 0.138. The van der Waals surface area contributed by atoms with E-state index in [-0.39, 0.29) is 6.04 Å². The van der Waals surface area contributed by atoms with E-state index >= 15 is 0 Å². The minimum absolute atomic E-state index is 0.138. The molecule has 0 saturated carbocycles. The highest BCUT2D eigenvalue weighted by atomic mass is 127. The van der Waals surface area contributed by atoms with Crippen LogP contribution in [0.15, 0.2) is 12.1 Å². The summed E-state index contributed by atoms with van der Waals surface area (Å²) in [7, 11) is 3.32. The Balaban J connectivity index is 3.09. The van der Waals surface area contributed by atoms with E-state index in [0.717, 1.165) is 27.1 Å². The maximum atomic E-state index is 5.76. The molecule has 1 aromatic carbocycles. The normalized spacial score (nSPS) is 12.3. The summed E-state index contributed by atoms with van der Waals surface area (Å²) >= 11 is 2.21. The van der Waals surface area contributed by atoms with E-state index in [1.165, 1.54) is 0 Å². The van der Waals surface area contributed by atoms with Crippen LogP contribution in [-0.2, 0) is 6.42 Å². The number of rotatable bonds is 4. The van der Waals surface area contributed by atoms with Crippen molar-refractivity contribution in [3.05, 3.63) is 21.3 Å². The van der Waals surface area contributed by atoms with Gasteiger partial charge in [-0.3, -0.25) is 0 Å². The molecule has 0 aliphatic rings. The second kappa shape index (κ2) is 5.55. The number of hydrogen-bond acceptors (Lipinski definition) is 3. The van der Waals surface area contributed by atoms with E-state index in [0.29, 0.717) is 0 Å². The van der Waals surface area contributed by atoms with Gasteiger partial charge in [0.25, 0.3) is 0 Å². The lowest BCUT2D eigenvalue weighted by Crippen LogP contribution is -2.17. The van der Waals surface area contributed by atoms with Crippen molar-refractivity contribution in [2.75, 3.05) is 14.2 Å². The van der Waals surface area contributed by atoms with Crippen LogP contribution in [0.3, 0.4) is 0 Å². The molecule has 0 aromatic heterocycles. The van der Waals surface area contributed by atoms with E-state index in [2.05, 4.69) is 22.6 Å². The average Bonchev–Trinajstić information content (AvgIpc) is 2.19. The maximum absolute atomic E-state index is 5.76. The van der Waals surface area contributed by atoms with E-state index in [4.69, 9.17) is 15.2 Å². The van der Waals surface area contributed by atoms with Gasteiger partial charge in [-0.1, -0.05) is 0 Å². The van der Waals surface area contributed by atoms with Crippen LogP contribution in [0.25, 0.3) is 0 Å². The molecular formula is C11H16INO2. The molecule has 0 saturated heterocycles. The highest BCUT2D eigenvalue weighted by molar-refractivity contribution is 14.1. The molecular weight excluding hydrogens is 305 g/mol. The van der Waals surface area contributed by atoms with Gasteiger partial charge in [0.05, 0.1) is 17.8 Å². The molecule has 1 atom stereocenters. The molecule has 0 unspecified atom stereocenters. The zero-order valence-corrected chi connectivity index (χ0v) is 11.4.